The van der Waals surface area contributed by atoms with Crippen molar-refractivity contribution in [3.8, 4) is 5.69 Å². The second-order valence-electron chi connectivity index (χ2n) is 6.20. The number of anilines is 1. The summed E-state index contributed by atoms with van der Waals surface area (Å²) in [5.74, 6) is -1.64. The van der Waals surface area contributed by atoms with E-state index in [4.69, 9.17) is 9.47 Å². The van der Waals surface area contributed by atoms with Gasteiger partial charge in [0.25, 0.3) is 5.91 Å². The van der Waals surface area contributed by atoms with Crippen LogP contribution in [0.3, 0.4) is 0 Å². The Labute approximate surface area is 173 Å². The van der Waals surface area contributed by atoms with Gasteiger partial charge in [0.05, 0.1) is 41.8 Å². The number of carbonyl (C=O) groups excluding carboxylic acids is 3. The molecule has 3 aromatic rings. The Balaban J connectivity index is 1.85. The van der Waals surface area contributed by atoms with Crippen molar-refractivity contribution in [1.29, 1.82) is 0 Å². The molecule has 1 aromatic heterocycles. The molecule has 8 heteroatoms. The molecular formula is C22H21N3O5. The van der Waals surface area contributed by atoms with Crippen LogP contribution in [-0.2, 0) is 9.47 Å². The van der Waals surface area contributed by atoms with Gasteiger partial charge in [0.15, 0.2) is 0 Å². The maximum atomic E-state index is 12.7. The smallest absolute Gasteiger partial charge is 0.338 e. The van der Waals surface area contributed by atoms with Crippen LogP contribution < -0.4 is 5.32 Å². The second kappa shape index (κ2) is 9.51. The summed E-state index contributed by atoms with van der Waals surface area (Å²) in [4.78, 5) is 37.0. The summed E-state index contributed by atoms with van der Waals surface area (Å²) in [5.41, 5.74) is 1.67. The summed E-state index contributed by atoms with van der Waals surface area (Å²) >= 11 is 0. The molecule has 30 heavy (non-hydrogen) atoms. The summed E-state index contributed by atoms with van der Waals surface area (Å²) in [5, 5.41) is 6.89. The number of hydrogen-bond donors (Lipinski definition) is 1. The number of rotatable bonds is 7. The van der Waals surface area contributed by atoms with Crippen molar-refractivity contribution < 1.29 is 23.9 Å². The number of hydrogen-bond acceptors (Lipinski definition) is 6. The summed E-state index contributed by atoms with van der Waals surface area (Å²) in [6.45, 7) is 3.73. The van der Waals surface area contributed by atoms with Crippen LogP contribution in [0, 0.1) is 0 Å². The van der Waals surface area contributed by atoms with E-state index in [1.807, 2.05) is 30.3 Å². The Morgan fingerprint density at radius 3 is 2.07 bits per heavy atom. The molecule has 1 amide bonds. The van der Waals surface area contributed by atoms with E-state index in [0.717, 1.165) is 5.69 Å². The Morgan fingerprint density at radius 1 is 0.900 bits per heavy atom. The molecule has 0 radical (unpaired) electrons. The molecule has 8 nitrogen and oxygen atoms in total. The molecule has 0 fully saturated rings. The van der Waals surface area contributed by atoms with E-state index in [1.54, 1.807) is 24.7 Å². The molecule has 1 heterocycles. The molecule has 0 bridgehead atoms. The molecule has 0 aliphatic carbocycles. The van der Waals surface area contributed by atoms with Gasteiger partial charge in [0.2, 0.25) is 0 Å². The van der Waals surface area contributed by atoms with Crippen molar-refractivity contribution in [3.05, 3.63) is 77.6 Å². The molecule has 0 atom stereocenters. The van der Waals surface area contributed by atoms with Crippen LogP contribution in [0.1, 0.15) is 44.9 Å². The topological polar surface area (TPSA) is 99.5 Å². The van der Waals surface area contributed by atoms with Gasteiger partial charge in [-0.05, 0) is 44.2 Å². The van der Waals surface area contributed by atoms with E-state index in [1.165, 1.54) is 24.4 Å². The zero-order chi connectivity index (χ0) is 21.5. The summed E-state index contributed by atoms with van der Waals surface area (Å²) in [6.07, 6.45) is 3.02. The lowest BCUT2D eigenvalue weighted by Crippen LogP contribution is -2.14. The number of esters is 2. The van der Waals surface area contributed by atoms with Crippen molar-refractivity contribution >= 4 is 23.5 Å². The number of amides is 1. The Bertz CT molecular complexity index is 1020. The Morgan fingerprint density at radius 2 is 1.50 bits per heavy atom. The number of ether oxygens (including phenoxy) is 2. The van der Waals surface area contributed by atoms with E-state index >= 15 is 0 Å². The van der Waals surface area contributed by atoms with Crippen LogP contribution in [0.4, 0.5) is 5.69 Å². The average molecular weight is 407 g/mol. The second-order valence-corrected chi connectivity index (χ2v) is 6.20. The minimum atomic E-state index is -0.601. The fourth-order valence-corrected chi connectivity index (χ4v) is 2.73. The number of aromatic nitrogens is 2. The van der Waals surface area contributed by atoms with E-state index < -0.39 is 17.8 Å². The number of nitrogens with one attached hydrogen (secondary N) is 1. The molecule has 0 aliphatic heterocycles. The van der Waals surface area contributed by atoms with Gasteiger partial charge in [-0.1, -0.05) is 18.2 Å². The largest absolute Gasteiger partial charge is 0.462 e. The zero-order valence-corrected chi connectivity index (χ0v) is 16.6. The van der Waals surface area contributed by atoms with E-state index in [9.17, 15) is 14.4 Å². The van der Waals surface area contributed by atoms with Crippen molar-refractivity contribution in [1.82, 2.24) is 9.78 Å². The van der Waals surface area contributed by atoms with Gasteiger partial charge in [-0.15, -0.1) is 0 Å². The van der Waals surface area contributed by atoms with Crippen LogP contribution in [0.25, 0.3) is 5.69 Å². The van der Waals surface area contributed by atoms with Crippen molar-refractivity contribution in [2.45, 2.75) is 13.8 Å². The molecule has 1 N–H and O–H groups in total. The number of carbonyl (C=O) groups is 3. The Hall–Kier alpha value is -3.94. The molecule has 0 saturated heterocycles. The molecule has 154 valence electrons. The Kier molecular flexibility index (Phi) is 6.59. The lowest BCUT2D eigenvalue weighted by molar-refractivity contribution is 0.0525. The highest BCUT2D eigenvalue weighted by molar-refractivity contribution is 6.05. The predicted molar refractivity (Wildman–Crippen MR) is 110 cm³/mol. The third kappa shape index (κ3) is 4.91. The SMILES string of the molecule is CCOC(=O)c1cc(NC(=O)c2cnn(-c3ccccc3)c2)cc(C(=O)OCC)c1. The molecule has 2 aromatic carbocycles. The van der Waals surface area contributed by atoms with Gasteiger partial charge >= 0.3 is 11.9 Å². The maximum absolute atomic E-state index is 12.7. The van der Waals surface area contributed by atoms with Crippen molar-refractivity contribution in [3.63, 3.8) is 0 Å². The van der Waals surface area contributed by atoms with E-state index in [-0.39, 0.29) is 30.0 Å². The molecule has 0 aliphatic rings. The van der Waals surface area contributed by atoms with E-state index in [0.29, 0.717) is 5.56 Å². The average Bonchev–Trinajstić information content (AvgIpc) is 3.25. The van der Waals surface area contributed by atoms with Gasteiger partial charge in [-0.25, -0.2) is 14.3 Å². The first kappa shape index (κ1) is 20.8. The van der Waals surface area contributed by atoms with E-state index in [2.05, 4.69) is 10.4 Å². The third-order valence-electron chi connectivity index (χ3n) is 4.08. The third-order valence-corrected chi connectivity index (χ3v) is 4.08. The zero-order valence-electron chi connectivity index (χ0n) is 16.6. The number of nitrogens with zero attached hydrogens (tertiary/aromatic N) is 2. The van der Waals surface area contributed by atoms with Crippen LogP contribution >= 0.6 is 0 Å². The fourth-order valence-electron chi connectivity index (χ4n) is 2.73. The maximum Gasteiger partial charge on any atom is 0.338 e. The number of para-hydroxylation sites is 1. The fraction of sp³-hybridized carbons (Fsp3) is 0.182. The molecular weight excluding hydrogens is 386 g/mol. The van der Waals surface area contributed by atoms with Gasteiger partial charge in [0, 0.05) is 11.9 Å². The number of benzene rings is 2. The molecule has 0 saturated carbocycles. The monoisotopic (exact) mass is 407 g/mol. The first-order valence-electron chi connectivity index (χ1n) is 9.42. The van der Waals surface area contributed by atoms with Gasteiger partial charge < -0.3 is 14.8 Å². The van der Waals surface area contributed by atoms with Crippen LogP contribution in [-0.4, -0.2) is 40.8 Å². The first-order valence-corrected chi connectivity index (χ1v) is 9.42. The van der Waals surface area contributed by atoms with Crippen LogP contribution in [0.5, 0.6) is 0 Å². The summed E-state index contributed by atoms with van der Waals surface area (Å²) in [6, 6.07) is 13.6. The summed E-state index contributed by atoms with van der Waals surface area (Å²) < 4.78 is 11.6. The van der Waals surface area contributed by atoms with Crippen LogP contribution in [0.15, 0.2) is 60.9 Å². The molecule has 3 rings (SSSR count). The normalized spacial score (nSPS) is 10.3. The van der Waals surface area contributed by atoms with Gasteiger partial charge in [-0.3, -0.25) is 4.79 Å². The minimum Gasteiger partial charge on any atom is -0.462 e. The highest BCUT2D eigenvalue weighted by Crippen LogP contribution is 2.19. The summed E-state index contributed by atoms with van der Waals surface area (Å²) in [7, 11) is 0. The predicted octanol–water partition coefficient (Wildman–Crippen LogP) is 3.48. The van der Waals surface area contributed by atoms with Crippen LogP contribution in [0.2, 0.25) is 0 Å². The minimum absolute atomic E-state index is 0.137. The lowest BCUT2D eigenvalue weighted by atomic mass is 10.1. The highest BCUT2D eigenvalue weighted by atomic mass is 16.5. The molecule has 0 unspecified atom stereocenters. The molecule has 0 spiro atoms. The van der Waals surface area contributed by atoms with Gasteiger partial charge in [0.1, 0.15) is 0 Å². The van der Waals surface area contributed by atoms with Crippen molar-refractivity contribution in [2.75, 3.05) is 18.5 Å². The van der Waals surface area contributed by atoms with Gasteiger partial charge in [-0.2, -0.15) is 5.10 Å². The standard InChI is InChI=1S/C22H21N3O5/c1-3-29-21(27)15-10-16(22(28)30-4-2)12-18(11-15)24-20(26)17-13-23-25(14-17)19-8-6-5-7-9-19/h5-14H,3-4H2,1-2H3,(H,24,26). The lowest BCUT2D eigenvalue weighted by Gasteiger charge is -2.10. The quantitative estimate of drug-likeness (QED) is 0.602. The highest BCUT2D eigenvalue weighted by Gasteiger charge is 2.17. The first-order chi connectivity index (χ1) is 14.5. The van der Waals surface area contributed by atoms with Crippen molar-refractivity contribution in [2.24, 2.45) is 0 Å².